The lowest BCUT2D eigenvalue weighted by atomic mass is 10.2. The maximum absolute atomic E-state index is 12.2. The van der Waals surface area contributed by atoms with E-state index in [0.717, 1.165) is 23.0 Å². The van der Waals surface area contributed by atoms with Crippen molar-refractivity contribution in [2.75, 3.05) is 13.2 Å². The molecule has 0 radical (unpaired) electrons. The third-order valence-electron chi connectivity index (χ3n) is 2.54. The van der Waals surface area contributed by atoms with Gasteiger partial charge in [-0.25, -0.2) is 0 Å². The van der Waals surface area contributed by atoms with Crippen LogP contribution in [-0.4, -0.2) is 30.5 Å². The Morgan fingerprint density at radius 2 is 2.10 bits per heavy atom. The Balaban J connectivity index is 2.68. The molecule has 0 aliphatic carbocycles. The van der Waals surface area contributed by atoms with E-state index in [1.807, 2.05) is 6.92 Å². The Labute approximate surface area is 124 Å². The molecule has 1 unspecified atom stereocenters. The highest BCUT2D eigenvalue weighted by molar-refractivity contribution is 9.10. The molecule has 3 nitrogen and oxygen atoms in total. The van der Waals surface area contributed by atoms with Crippen LogP contribution >= 0.6 is 15.9 Å². The van der Waals surface area contributed by atoms with Gasteiger partial charge in [-0.3, -0.25) is 0 Å². The smallest absolute Gasteiger partial charge is 0.417 e. The largest absolute Gasteiger partial charge is 0.490 e. The third-order valence-corrected chi connectivity index (χ3v) is 3.03. The molecule has 0 fully saturated rings. The molecule has 2 N–H and O–H groups in total. The predicted octanol–water partition coefficient (Wildman–Crippen LogP) is 3.25. The van der Waals surface area contributed by atoms with Crippen LogP contribution in [-0.2, 0) is 6.54 Å². The molecule has 0 aromatic heterocycles. The Bertz CT molecular complexity index is 427. The molecule has 0 amide bonds. The molecule has 0 saturated carbocycles. The molecule has 0 spiro atoms. The Morgan fingerprint density at radius 3 is 2.70 bits per heavy atom. The summed E-state index contributed by atoms with van der Waals surface area (Å²) >= 11 is 3.30. The molecule has 1 atom stereocenters. The summed E-state index contributed by atoms with van der Waals surface area (Å²) < 4.78 is 42.5. The fourth-order valence-corrected chi connectivity index (χ4v) is 1.90. The maximum Gasteiger partial charge on any atom is 0.417 e. The van der Waals surface area contributed by atoms with E-state index in [-0.39, 0.29) is 0 Å². The van der Waals surface area contributed by atoms with Gasteiger partial charge in [-0.1, -0.05) is 22.9 Å². The minimum Gasteiger partial charge on any atom is -0.490 e. The van der Waals surface area contributed by atoms with Crippen LogP contribution in [0.5, 0.6) is 5.75 Å². The normalized spacial score (nSPS) is 13.3. The molecule has 114 valence electrons. The second kappa shape index (κ2) is 7.85. The molecule has 1 aromatic carbocycles. The summed E-state index contributed by atoms with van der Waals surface area (Å²) in [7, 11) is 0. The second-order valence-electron chi connectivity index (χ2n) is 4.30. The van der Waals surface area contributed by atoms with Gasteiger partial charge < -0.3 is 15.2 Å². The van der Waals surface area contributed by atoms with E-state index in [2.05, 4.69) is 21.2 Å². The summed E-state index contributed by atoms with van der Waals surface area (Å²) in [5, 5.41) is 12.1. The first kappa shape index (κ1) is 17.3. The van der Waals surface area contributed by atoms with Crippen LogP contribution in [0.25, 0.3) is 0 Å². The van der Waals surface area contributed by atoms with E-state index < -0.39 is 18.9 Å². The van der Waals surface area contributed by atoms with Crippen molar-refractivity contribution in [2.45, 2.75) is 32.2 Å². The van der Waals surface area contributed by atoms with E-state index in [0.29, 0.717) is 12.3 Å². The molecule has 0 heterocycles. The molecular weight excluding hydrogens is 339 g/mol. The summed E-state index contributed by atoms with van der Waals surface area (Å²) in [6.07, 6.45) is -6.20. The van der Waals surface area contributed by atoms with Gasteiger partial charge in [0.05, 0.1) is 0 Å². The topological polar surface area (TPSA) is 41.5 Å². The molecule has 1 rings (SSSR count). The first-order valence-corrected chi connectivity index (χ1v) is 7.00. The molecule has 0 aliphatic heterocycles. The highest BCUT2D eigenvalue weighted by Gasteiger charge is 2.38. The summed E-state index contributed by atoms with van der Waals surface area (Å²) in [4.78, 5) is 0. The summed E-state index contributed by atoms with van der Waals surface area (Å²) in [6.45, 7) is 2.50. The van der Waals surface area contributed by atoms with E-state index in [4.69, 9.17) is 9.84 Å². The second-order valence-corrected chi connectivity index (χ2v) is 5.21. The van der Waals surface area contributed by atoms with Crippen molar-refractivity contribution in [3.8, 4) is 5.75 Å². The van der Waals surface area contributed by atoms with Crippen molar-refractivity contribution in [3.05, 3.63) is 28.2 Å². The number of alkyl halides is 3. The van der Waals surface area contributed by atoms with E-state index in [9.17, 15) is 13.2 Å². The monoisotopic (exact) mass is 355 g/mol. The van der Waals surface area contributed by atoms with Crippen LogP contribution in [0.15, 0.2) is 22.7 Å². The fraction of sp³-hybridized carbons (Fsp3) is 0.538. The average Bonchev–Trinajstić information content (AvgIpc) is 2.36. The van der Waals surface area contributed by atoms with Crippen molar-refractivity contribution in [2.24, 2.45) is 0 Å². The van der Waals surface area contributed by atoms with E-state index >= 15 is 0 Å². The highest BCUT2D eigenvalue weighted by atomic mass is 79.9. The minimum atomic E-state index is -4.67. The lowest BCUT2D eigenvalue weighted by Crippen LogP contribution is -2.34. The Hall–Kier alpha value is -0.790. The van der Waals surface area contributed by atoms with Gasteiger partial charge in [0.25, 0.3) is 0 Å². The number of aliphatic hydroxyl groups excluding tert-OH is 1. The highest BCUT2D eigenvalue weighted by Crippen LogP contribution is 2.25. The maximum atomic E-state index is 12.2. The SMILES string of the molecule is CCCNCc1cc(Br)ccc1OCC(O)C(F)(F)F. The van der Waals surface area contributed by atoms with Crippen molar-refractivity contribution >= 4 is 15.9 Å². The number of nitrogens with one attached hydrogen (secondary N) is 1. The van der Waals surface area contributed by atoms with Crippen LogP contribution in [0.2, 0.25) is 0 Å². The number of benzene rings is 1. The van der Waals surface area contributed by atoms with Gasteiger partial charge in [-0.15, -0.1) is 0 Å². The average molecular weight is 356 g/mol. The molecule has 0 bridgehead atoms. The third kappa shape index (κ3) is 5.68. The molecule has 0 saturated heterocycles. The zero-order valence-electron chi connectivity index (χ0n) is 11.0. The van der Waals surface area contributed by atoms with Crippen molar-refractivity contribution in [3.63, 3.8) is 0 Å². The number of hydrogen-bond acceptors (Lipinski definition) is 3. The van der Waals surface area contributed by atoms with Crippen molar-refractivity contribution in [1.29, 1.82) is 0 Å². The van der Waals surface area contributed by atoms with Gasteiger partial charge in [0.15, 0.2) is 6.10 Å². The number of aliphatic hydroxyl groups is 1. The summed E-state index contributed by atoms with van der Waals surface area (Å²) in [5.74, 6) is 0.333. The van der Waals surface area contributed by atoms with Crippen molar-refractivity contribution < 1.29 is 23.0 Å². The number of hydrogen-bond donors (Lipinski definition) is 2. The zero-order valence-corrected chi connectivity index (χ0v) is 12.6. The minimum absolute atomic E-state index is 0.333. The van der Waals surface area contributed by atoms with Gasteiger partial charge in [0, 0.05) is 16.6 Å². The lowest BCUT2D eigenvalue weighted by Gasteiger charge is -2.17. The van der Waals surface area contributed by atoms with E-state index in [1.165, 1.54) is 0 Å². The van der Waals surface area contributed by atoms with Crippen LogP contribution in [0.3, 0.4) is 0 Å². The fourth-order valence-electron chi connectivity index (χ4n) is 1.49. The molecule has 1 aromatic rings. The molecule has 7 heteroatoms. The van der Waals surface area contributed by atoms with Crippen molar-refractivity contribution in [1.82, 2.24) is 5.32 Å². The van der Waals surface area contributed by atoms with Crippen LogP contribution in [0.4, 0.5) is 13.2 Å². The first-order valence-electron chi connectivity index (χ1n) is 6.21. The van der Waals surface area contributed by atoms with Gasteiger partial charge in [-0.05, 0) is 31.2 Å². The Morgan fingerprint density at radius 1 is 1.40 bits per heavy atom. The first-order chi connectivity index (χ1) is 9.34. The summed E-state index contributed by atoms with van der Waals surface area (Å²) in [6, 6.07) is 5.03. The molecule has 20 heavy (non-hydrogen) atoms. The van der Waals surface area contributed by atoms with Gasteiger partial charge in [0.2, 0.25) is 0 Å². The Kier molecular flexibility index (Phi) is 6.78. The van der Waals surface area contributed by atoms with Gasteiger partial charge in [0.1, 0.15) is 12.4 Å². The lowest BCUT2D eigenvalue weighted by molar-refractivity contribution is -0.210. The standard InChI is InChI=1S/C13H17BrF3NO2/c1-2-5-18-7-9-6-10(14)3-4-11(9)20-8-12(19)13(15,16)17/h3-4,6,12,18-19H,2,5,7-8H2,1H3. The number of ether oxygens (including phenoxy) is 1. The number of rotatable bonds is 7. The predicted molar refractivity (Wildman–Crippen MR) is 73.7 cm³/mol. The van der Waals surface area contributed by atoms with E-state index in [1.54, 1.807) is 18.2 Å². The summed E-state index contributed by atoms with van der Waals surface area (Å²) in [5.41, 5.74) is 0.738. The number of halogens is 4. The quantitative estimate of drug-likeness (QED) is 0.737. The molecular formula is C13H17BrF3NO2. The van der Waals surface area contributed by atoms with Gasteiger partial charge >= 0.3 is 6.18 Å². The molecule has 0 aliphatic rings. The van der Waals surface area contributed by atoms with Gasteiger partial charge in [-0.2, -0.15) is 13.2 Å². The van der Waals surface area contributed by atoms with Crippen LogP contribution in [0.1, 0.15) is 18.9 Å². The van der Waals surface area contributed by atoms with Crippen LogP contribution < -0.4 is 10.1 Å². The zero-order chi connectivity index (χ0) is 15.2. The van der Waals surface area contributed by atoms with Crippen LogP contribution in [0, 0.1) is 0 Å².